The summed E-state index contributed by atoms with van der Waals surface area (Å²) in [5.74, 6) is 0.536. The van der Waals surface area contributed by atoms with Crippen molar-refractivity contribution in [2.75, 3.05) is 30.4 Å². The number of hydrogen-bond donors (Lipinski definition) is 3. The van der Waals surface area contributed by atoms with Gasteiger partial charge in [-0.25, -0.2) is 9.78 Å². The second kappa shape index (κ2) is 7.58. The Morgan fingerprint density at radius 3 is 2.87 bits per heavy atom. The minimum Gasteiger partial charge on any atom is -0.497 e. The molecule has 2 aromatic heterocycles. The van der Waals surface area contributed by atoms with Gasteiger partial charge in [-0.15, -0.1) is 11.3 Å². The van der Waals surface area contributed by atoms with Crippen molar-refractivity contribution >= 4 is 50.6 Å². The summed E-state index contributed by atoms with van der Waals surface area (Å²) in [6.07, 6.45) is 3.64. The number of aromatic nitrogens is 1. The molecule has 1 atom stereocenters. The maximum absolute atomic E-state index is 13.0. The van der Waals surface area contributed by atoms with Crippen LogP contribution in [-0.2, 0) is 0 Å². The number of rotatable bonds is 4. The zero-order chi connectivity index (χ0) is 20.7. The zero-order valence-corrected chi connectivity index (χ0v) is 17.2. The van der Waals surface area contributed by atoms with Crippen molar-refractivity contribution in [3.63, 3.8) is 0 Å². The van der Waals surface area contributed by atoms with E-state index in [1.54, 1.807) is 36.4 Å². The number of urea groups is 1. The highest BCUT2D eigenvalue weighted by Crippen LogP contribution is 2.45. The Balaban J connectivity index is 1.54. The molecule has 3 N–H and O–H groups in total. The van der Waals surface area contributed by atoms with Gasteiger partial charge in [-0.1, -0.05) is 0 Å². The van der Waals surface area contributed by atoms with Crippen LogP contribution in [0, 0.1) is 0 Å². The van der Waals surface area contributed by atoms with Crippen molar-refractivity contribution in [2.24, 2.45) is 0 Å². The normalized spacial score (nSPS) is 18.2. The number of piperidine rings is 1. The molecule has 1 aromatic carbocycles. The zero-order valence-electron chi connectivity index (χ0n) is 16.4. The van der Waals surface area contributed by atoms with Gasteiger partial charge in [0.25, 0.3) is 5.91 Å². The van der Waals surface area contributed by atoms with Crippen LogP contribution in [0.15, 0.2) is 36.5 Å². The topological polar surface area (TPSA) is 95.6 Å². The lowest BCUT2D eigenvalue weighted by Gasteiger charge is -2.28. The molecular formula is C21H21N5O3S. The summed E-state index contributed by atoms with van der Waals surface area (Å²) >= 11 is 1.30. The lowest BCUT2D eigenvalue weighted by molar-refractivity contribution is 0.0935. The number of ether oxygens (including phenoxy) is 1. The Labute approximate surface area is 177 Å². The molecule has 0 spiro atoms. The molecule has 1 fully saturated rings. The molecule has 5 rings (SSSR count). The van der Waals surface area contributed by atoms with E-state index in [0.29, 0.717) is 32.5 Å². The minimum atomic E-state index is -0.313. The van der Waals surface area contributed by atoms with Crippen LogP contribution in [0.1, 0.15) is 22.5 Å². The van der Waals surface area contributed by atoms with Gasteiger partial charge in [0.2, 0.25) is 0 Å². The minimum absolute atomic E-state index is 0.0891. The quantitative estimate of drug-likeness (QED) is 0.597. The average Bonchev–Trinajstić information content (AvgIpc) is 3.14. The largest absolute Gasteiger partial charge is 0.497 e. The van der Waals surface area contributed by atoms with Gasteiger partial charge >= 0.3 is 6.03 Å². The summed E-state index contributed by atoms with van der Waals surface area (Å²) in [5.41, 5.74) is 1.95. The molecule has 3 aromatic rings. The fourth-order valence-corrected chi connectivity index (χ4v) is 4.98. The second-order valence-corrected chi connectivity index (χ2v) is 8.30. The predicted octanol–water partition coefficient (Wildman–Crippen LogP) is 3.47. The Morgan fingerprint density at radius 2 is 2.13 bits per heavy atom. The number of anilines is 3. The van der Waals surface area contributed by atoms with Crippen LogP contribution in [0.5, 0.6) is 5.75 Å². The summed E-state index contributed by atoms with van der Waals surface area (Å²) in [4.78, 5) is 33.3. The number of carbonyl (C=O) groups is 2. The third kappa shape index (κ3) is 3.16. The van der Waals surface area contributed by atoms with Gasteiger partial charge < -0.3 is 20.7 Å². The van der Waals surface area contributed by atoms with E-state index in [1.165, 1.54) is 11.3 Å². The molecule has 9 heteroatoms. The van der Waals surface area contributed by atoms with Crippen molar-refractivity contribution < 1.29 is 14.3 Å². The maximum Gasteiger partial charge on any atom is 0.331 e. The first-order valence-electron chi connectivity index (χ1n) is 9.84. The predicted molar refractivity (Wildman–Crippen MR) is 117 cm³/mol. The number of thiophene rings is 1. The highest BCUT2D eigenvalue weighted by atomic mass is 32.1. The van der Waals surface area contributed by atoms with E-state index in [-0.39, 0.29) is 18.0 Å². The van der Waals surface area contributed by atoms with Crippen LogP contribution in [-0.4, -0.2) is 43.2 Å². The van der Waals surface area contributed by atoms with Crippen molar-refractivity contribution in [1.29, 1.82) is 0 Å². The third-order valence-corrected chi connectivity index (χ3v) is 6.51. The molecule has 1 saturated heterocycles. The number of pyridine rings is 1. The fourth-order valence-electron chi connectivity index (χ4n) is 3.96. The number of hydrogen-bond acceptors (Lipinski definition) is 6. The third-order valence-electron chi connectivity index (χ3n) is 5.41. The van der Waals surface area contributed by atoms with Crippen molar-refractivity contribution in [3.05, 3.63) is 41.4 Å². The number of amides is 3. The van der Waals surface area contributed by atoms with E-state index in [1.807, 2.05) is 12.1 Å². The van der Waals surface area contributed by atoms with E-state index in [2.05, 4.69) is 20.9 Å². The SMILES string of the molecule is COc1ccc(N2C(=O)Nc3c(C(=O)NC4CCCNC4)sc4nccc2c34)cc1. The van der Waals surface area contributed by atoms with Gasteiger partial charge in [-0.05, 0) is 49.7 Å². The smallest absolute Gasteiger partial charge is 0.331 e. The van der Waals surface area contributed by atoms with Gasteiger partial charge in [-0.2, -0.15) is 0 Å². The molecule has 4 heterocycles. The lowest BCUT2D eigenvalue weighted by atomic mass is 10.1. The summed E-state index contributed by atoms with van der Waals surface area (Å²) < 4.78 is 5.21. The van der Waals surface area contributed by atoms with Crippen LogP contribution < -0.4 is 25.6 Å². The van der Waals surface area contributed by atoms with Crippen molar-refractivity contribution in [1.82, 2.24) is 15.6 Å². The Kier molecular flexibility index (Phi) is 4.76. The number of methoxy groups -OCH3 is 1. The molecule has 2 aliphatic heterocycles. The highest BCUT2D eigenvalue weighted by molar-refractivity contribution is 7.21. The van der Waals surface area contributed by atoms with Crippen LogP contribution in [0.4, 0.5) is 21.9 Å². The van der Waals surface area contributed by atoms with E-state index in [9.17, 15) is 9.59 Å². The molecule has 2 aliphatic rings. The van der Waals surface area contributed by atoms with Gasteiger partial charge in [0.1, 0.15) is 15.5 Å². The van der Waals surface area contributed by atoms with E-state index < -0.39 is 0 Å². The first kappa shape index (κ1) is 18.8. The van der Waals surface area contributed by atoms with Crippen LogP contribution in [0.25, 0.3) is 10.2 Å². The molecular weight excluding hydrogens is 402 g/mol. The lowest BCUT2D eigenvalue weighted by Crippen LogP contribution is -2.45. The summed E-state index contributed by atoms with van der Waals surface area (Å²) in [5, 5.41) is 10.1. The Morgan fingerprint density at radius 1 is 1.30 bits per heavy atom. The molecule has 0 bridgehead atoms. The molecule has 154 valence electrons. The monoisotopic (exact) mass is 423 g/mol. The van der Waals surface area contributed by atoms with Gasteiger partial charge in [0.15, 0.2) is 0 Å². The number of benzene rings is 1. The molecule has 0 radical (unpaired) electrons. The highest BCUT2D eigenvalue weighted by Gasteiger charge is 2.33. The molecule has 30 heavy (non-hydrogen) atoms. The summed E-state index contributed by atoms with van der Waals surface area (Å²) in [6, 6.07) is 8.84. The Bertz CT molecular complexity index is 1120. The maximum atomic E-state index is 13.0. The summed E-state index contributed by atoms with van der Waals surface area (Å²) in [7, 11) is 1.60. The van der Waals surface area contributed by atoms with Gasteiger partial charge in [0, 0.05) is 18.8 Å². The van der Waals surface area contributed by atoms with E-state index in [4.69, 9.17) is 4.74 Å². The van der Waals surface area contributed by atoms with Gasteiger partial charge in [-0.3, -0.25) is 9.69 Å². The van der Waals surface area contributed by atoms with Crippen LogP contribution >= 0.6 is 11.3 Å². The first-order valence-corrected chi connectivity index (χ1v) is 10.7. The average molecular weight is 423 g/mol. The second-order valence-electron chi connectivity index (χ2n) is 7.30. The molecule has 0 aliphatic carbocycles. The molecule has 0 saturated carbocycles. The summed E-state index contributed by atoms with van der Waals surface area (Å²) in [6.45, 7) is 1.73. The number of nitrogens with zero attached hydrogens (tertiary/aromatic N) is 2. The van der Waals surface area contributed by atoms with E-state index >= 15 is 0 Å². The van der Waals surface area contributed by atoms with Gasteiger partial charge in [0.05, 0.1) is 29.6 Å². The van der Waals surface area contributed by atoms with Crippen LogP contribution in [0.3, 0.4) is 0 Å². The van der Waals surface area contributed by atoms with Crippen LogP contribution in [0.2, 0.25) is 0 Å². The fraction of sp³-hybridized carbons (Fsp3) is 0.286. The molecule has 1 unspecified atom stereocenters. The number of nitrogens with one attached hydrogen (secondary N) is 3. The first-order chi connectivity index (χ1) is 14.7. The van der Waals surface area contributed by atoms with Crippen molar-refractivity contribution in [3.8, 4) is 5.75 Å². The van der Waals surface area contributed by atoms with Crippen molar-refractivity contribution in [2.45, 2.75) is 18.9 Å². The Hall–Kier alpha value is -3.17. The van der Waals surface area contributed by atoms with E-state index in [0.717, 1.165) is 31.3 Å². The molecule has 8 nitrogen and oxygen atoms in total. The number of carbonyl (C=O) groups excluding carboxylic acids is 2. The molecule has 3 amide bonds. The standard InChI is InChI=1S/C21H21N5O3S/c1-29-14-6-4-13(5-7-14)26-15-8-10-23-20-16(15)17(25-21(26)28)18(30-20)19(27)24-12-3-2-9-22-11-12/h4-8,10,12,22H,2-3,9,11H2,1H3,(H,24,27)(H,25,28).